The van der Waals surface area contributed by atoms with Crippen LogP contribution in [0.15, 0.2) is 90.0 Å². The normalized spacial score (nSPS) is 15.4. The largest absolute Gasteiger partial charge is 0.372 e. The van der Waals surface area contributed by atoms with Crippen LogP contribution in [-0.2, 0) is 4.79 Å². The molecular weight excluding hydrogens is 444 g/mol. The predicted octanol–water partition coefficient (Wildman–Crippen LogP) is 6.58. The van der Waals surface area contributed by atoms with Crippen LogP contribution in [0.5, 0.6) is 0 Å². The van der Waals surface area contributed by atoms with E-state index in [0.29, 0.717) is 5.71 Å². The molecule has 1 aliphatic heterocycles. The molecule has 0 aliphatic carbocycles. The summed E-state index contributed by atoms with van der Waals surface area (Å²) in [4.78, 5) is 18.2. The molecule has 186 valence electrons. The van der Waals surface area contributed by atoms with Crippen LogP contribution in [0.1, 0.15) is 44.9 Å². The van der Waals surface area contributed by atoms with E-state index in [1.807, 2.05) is 47.5 Å². The molecule has 5 heteroatoms. The number of benzene rings is 3. The van der Waals surface area contributed by atoms with E-state index in [1.54, 1.807) is 0 Å². The minimum absolute atomic E-state index is 0.00505. The number of hydrogen-bond donors (Lipinski definition) is 0. The minimum atomic E-state index is -0.483. The van der Waals surface area contributed by atoms with Crippen molar-refractivity contribution in [3.8, 4) is 0 Å². The molecule has 3 aromatic carbocycles. The molecule has 1 unspecified atom stereocenters. The van der Waals surface area contributed by atoms with E-state index in [0.717, 1.165) is 48.7 Å². The van der Waals surface area contributed by atoms with Gasteiger partial charge < -0.3 is 9.80 Å². The smallest absolute Gasteiger partial charge is 0.211 e. The number of anilines is 3. The molecule has 0 N–H and O–H groups in total. The standard InChI is InChI=1S/C31H36N4O/c1-5-33(6-2)26-19-14-24(15-20-26)16-23-29-31(36)30(35(32-29)28-12-10-9-11-13-28)25-17-21-27(22-18-25)34(7-3)8-4/h9-23,30H,5-8H2,1-4H3/b23-16+. The summed E-state index contributed by atoms with van der Waals surface area (Å²) in [6.45, 7) is 12.5. The number of allylic oxidation sites excluding steroid dienone is 1. The van der Waals surface area contributed by atoms with E-state index in [-0.39, 0.29) is 5.78 Å². The fourth-order valence-corrected chi connectivity index (χ4v) is 4.69. The first-order valence-electron chi connectivity index (χ1n) is 12.9. The maximum absolute atomic E-state index is 13.6. The highest BCUT2D eigenvalue weighted by Crippen LogP contribution is 2.34. The minimum Gasteiger partial charge on any atom is -0.372 e. The van der Waals surface area contributed by atoms with Gasteiger partial charge in [-0.3, -0.25) is 4.79 Å². The first-order valence-corrected chi connectivity index (χ1v) is 12.9. The average molecular weight is 481 g/mol. The lowest BCUT2D eigenvalue weighted by atomic mass is 9.99. The SMILES string of the molecule is CCN(CC)c1ccc(/C=C/C2=NN(c3ccccc3)C(c3ccc(N(CC)CC)cc3)C2=O)cc1. The summed E-state index contributed by atoms with van der Waals surface area (Å²) in [6, 6.07) is 26.2. The van der Waals surface area contributed by atoms with Crippen LogP contribution in [0.3, 0.4) is 0 Å². The highest BCUT2D eigenvalue weighted by molar-refractivity contribution is 6.48. The van der Waals surface area contributed by atoms with E-state index in [2.05, 4.69) is 86.0 Å². The highest BCUT2D eigenvalue weighted by atomic mass is 16.1. The molecule has 0 bridgehead atoms. The third-order valence-electron chi connectivity index (χ3n) is 6.77. The van der Waals surface area contributed by atoms with Gasteiger partial charge in [0.15, 0.2) is 0 Å². The summed E-state index contributed by atoms with van der Waals surface area (Å²) in [6.07, 6.45) is 3.81. The first-order chi connectivity index (χ1) is 17.6. The van der Waals surface area contributed by atoms with Crippen molar-refractivity contribution < 1.29 is 4.79 Å². The van der Waals surface area contributed by atoms with E-state index >= 15 is 0 Å². The van der Waals surface area contributed by atoms with E-state index in [9.17, 15) is 4.79 Å². The Morgan fingerprint density at radius 1 is 0.722 bits per heavy atom. The van der Waals surface area contributed by atoms with Gasteiger partial charge in [-0.2, -0.15) is 5.10 Å². The summed E-state index contributed by atoms with van der Waals surface area (Å²) in [5.74, 6) is 0.00505. The van der Waals surface area contributed by atoms with Crippen LogP contribution in [0.4, 0.5) is 17.1 Å². The summed E-state index contributed by atoms with van der Waals surface area (Å²) in [5, 5.41) is 6.61. The van der Waals surface area contributed by atoms with Crippen molar-refractivity contribution in [1.29, 1.82) is 0 Å². The number of Topliss-reactive ketones (excluding diaryl/α,β-unsaturated/α-hetero) is 1. The summed E-state index contributed by atoms with van der Waals surface area (Å²) in [5.41, 5.74) is 5.71. The Labute approximate surface area is 215 Å². The molecule has 0 radical (unpaired) electrons. The van der Waals surface area contributed by atoms with Crippen molar-refractivity contribution in [2.24, 2.45) is 5.10 Å². The fraction of sp³-hybridized carbons (Fsp3) is 0.290. The second-order valence-corrected chi connectivity index (χ2v) is 8.79. The van der Waals surface area contributed by atoms with E-state index in [1.165, 1.54) is 5.69 Å². The number of hydrogen-bond acceptors (Lipinski definition) is 5. The van der Waals surface area contributed by atoms with E-state index < -0.39 is 6.04 Å². The summed E-state index contributed by atoms with van der Waals surface area (Å²) < 4.78 is 0. The lowest BCUT2D eigenvalue weighted by Gasteiger charge is -2.24. The van der Waals surface area contributed by atoms with Gasteiger partial charge in [0.1, 0.15) is 11.8 Å². The number of nitrogens with zero attached hydrogens (tertiary/aromatic N) is 4. The Kier molecular flexibility index (Phi) is 8.21. The highest BCUT2D eigenvalue weighted by Gasteiger charge is 2.36. The second-order valence-electron chi connectivity index (χ2n) is 8.79. The van der Waals surface area contributed by atoms with E-state index in [4.69, 9.17) is 5.10 Å². The Balaban J connectivity index is 1.61. The molecule has 3 aromatic rings. The van der Waals surface area contributed by atoms with Gasteiger partial charge in [-0.25, -0.2) is 5.01 Å². The van der Waals surface area contributed by atoms with Gasteiger partial charge in [-0.15, -0.1) is 0 Å². The van der Waals surface area contributed by atoms with Crippen molar-refractivity contribution in [1.82, 2.24) is 0 Å². The van der Waals surface area contributed by atoms with Crippen molar-refractivity contribution >= 4 is 34.6 Å². The van der Waals surface area contributed by atoms with Crippen molar-refractivity contribution in [3.05, 3.63) is 96.1 Å². The second kappa shape index (κ2) is 11.7. The van der Waals surface area contributed by atoms with Crippen LogP contribution in [-0.4, -0.2) is 37.7 Å². The Morgan fingerprint density at radius 3 is 1.78 bits per heavy atom. The third-order valence-corrected chi connectivity index (χ3v) is 6.77. The lowest BCUT2D eigenvalue weighted by Crippen LogP contribution is -2.25. The number of carbonyl (C=O) groups excluding carboxylic acids is 1. The predicted molar refractivity (Wildman–Crippen MR) is 153 cm³/mol. The Morgan fingerprint density at radius 2 is 1.25 bits per heavy atom. The maximum Gasteiger partial charge on any atom is 0.211 e. The first kappa shape index (κ1) is 25.2. The Bertz CT molecular complexity index is 1190. The topological polar surface area (TPSA) is 39.1 Å². The van der Waals surface area contributed by atoms with Gasteiger partial charge in [-0.05, 0) is 81.3 Å². The number of hydrazone groups is 1. The van der Waals surface area contributed by atoms with Crippen LogP contribution < -0.4 is 14.8 Å². The molecule has 1 atom stereocenters. The monoisotopic (exact) mass is 480 g/mol. The molecule has 0 saturated heterocycles. The fourth-order valence-electron chi connectivity index (χ4n) is 4.69. The summed E-state index contributed by atoms with van der Waals surface area (Å²) in [7, 11) is 0. The van der Waals surface area contributed by atoms with Gasteiger partial charge in [0.05, 0.1) is 5.69 Å². The molecule has 5 nitrogen and oxygen atoms in total. The number of carbonyl (C=O) groups is 1. The zero-order valence-corrected chi connectivity index (χ0v) is 21.8. The van der Waals surface area contributed by atoms with Crippen LogP contribution >= 0.6 is 0 Å². The molecule has 4 rings (SSSR count). The van der Waals surface area contributed by atoms with Gasteiger partial charge >= 0.3 is 0 Å². The molecule has 0 aromatic heterocycles. The molecule has 1 aliphatic rings. The maximum atomic E-state index is 13.6. The number of ketones is 1. The van der Waals surface area contributed by atoms with Crippen molar-refractivity contribution in [2.75, 3.05) is 41.0 Å². The van der Waals surface area contributed by atoms with Crippen molar-refractivity contribution in [2.45, 2.75) is 33.7 Å². The van der Waals surface area contributed by atoms with Gasteiger partial charge in [0, 0.05) is 37.6 Å². The molecule has 0 saturated carbocycles. The zero-order chi connectivity index (χ0) is 25.5. The number of para-hydroxylation sites is 1. The van der Waals surface area contributed by atoms with Gasteiger partial charge in [0.2, 0.25) is 5.78 Å². The quantitative estimate of drug-likeness (QED) is 0.329. The molecule has 1 heterocycles. The van der Waals surface area contributed by atoms with Crippen molar-refractivity contribution in [3.63, 3.8) is 0 Å². The molecular formula is C31H36N4O. The third kappa shape index (κ3) is 5.35. The van der Waals surface area contributed by atoms with Crippen LogP contribution in [0.2, 0.25) is 0 Å². The number of rotatable bonds is 10. The molecule has 0 spiro atoms. The average Bonchev–Trinajstić information content (AvgIpc) is 3.26. The van der Waals surface area contributed by atoms with Crippen LogP contribution in [0.25, 0.3) is 6.08 Å². The van der Waals surface area contributed by atoms with Gasteiger partial charge in [-0.1, -0.05) is 48.5 Å². The van der Waals surface area contributed by atoms with Crippen LogP contribution in [0, 0.1) is 0 Å². The molecule has 0 amide bonds. The molecule has 0 fully saturated rings. The summed E-state index contributed by atoms with van der Waals surface area (Å²) >= 11 is 0. The zero-order valence-electron chi connectivity index (χ0n) is 21.8. The molecule has 36 heavy (non-hydrogen) atoms. The lowest BCUT2D eigenvalue weighted by molar-refractivity contribution is -0.113. The Hall–Kier alpha value is -3.86. The van der Waals surface area contributed by atoms with Gasteiger partial charge in [0.25, 0.3) is 0 Å².